The van der Waals surface area contributed by atoms with E-state index in [-0.39, 0.29) is 12.5 Å². The Morgan fingerprint density at radius 3 is 2.88 bits per heavy atom. The predicted octanol–water partition coefficient (Wildman–Crippen LogP) is 0.560. The van der Waals surface area contributed by atoms with Crippen LogP contribution in [0.1, 0.15) is 22.3 Å². The Kier molecular flexibility index (Phi) is 2.90. The summed E-state index contributed by atoms with van der Waals surface area (Å²) >= 11 is 0. The van der Waals surface area contributed by atoms with Gasteiger partial charge in [-0.05, 0) is 24.5 Å². The molecule has 0 aromatic heterocycles. The molecule has 1 aromatic carbocycles. The van der Waals surface area contributed by atoms with Crippen molar-refractivity contribution in [3.05, 3.63) is 35.4 Å². The molecular weight excluding hydrogens is 204 g/mol. The molecule has 0 radical (unpaired) electrons. The summed E-state index contributed by atoms with van der Waals surface area (Å²) in [4.78, 5) is 24.5. The molecular formula is C12H14N2O2. The molecule has 2 amide bonds. The van der Waals surface area contributed by atoms with Gasteiger partial charge in [0.2, 0.25) is 5.91 Å². The maximum Gasteiger partial charge on any atom is 0.254 e. The standard InChI is InChI=1S/C12H14N2O2/c13-11(15)8-14-7-3-5-9-4-1-2-6-10(9)12(14)16/h1-2,4,6H,3,5,7-8H2,(H2,13,15). The highest BCUT2D eigenvalue weighted by atomic mass is 16.2. The SMILES string of the molecule is NC(=O)CN1CCCc2ccccc2C1=O. The first kappa shape index (κ1) is 10.7. The number of rotatable bonds is 2. The number of primary amides is 1. The van der Waals surface area contributed by atoms with Gasteiger partial charge in [-0.25, -0.2) is 0 Å². The molecule has 2 N–H and O–H groups in total. The highest BCUT2D eigenvalue weighted by Gasteiger charge is 2.22. The molecule has 1 aromatic rings. The monoisotopic (exact) mass is 218 g/mol. The lowest BCUT2D eigenvalue weighted by molar-refractivity contribution is -0.118. The van der Waals surface area contributed by atoms with Crippen LogP contribution in [0.3, 0.4) is 0 Å². The lowest BCUT2D eigenvalue weighted by Crippen LogP contribution is -2.38. The van der Waals surface area contributed by atoms with Gasteiger partial charge in [0.25, 0.3) is 5.91 Å². The number of aryl methyl sites for hydroxylation is 1. The topological polar surface area (TPSA) is 63.4 Å². The van der Waals surface area contributed by atoms with Gasteiger partial charge in [0, 0.05) is 12.1 Å². The summed E-state index contributed by atoms with van der Waals surface area (Å²) in [7, 11) is 0. The molecule has 1 aliphatic rings. The third-order valence-corrected chi connectivity index (χ3v) is 2.76. The molecule has 4 nitrogen and oxygen atoms in total. The van der Waals surface area contributed by atoms with E-state index in [1.807, 2.05) is 18.2 Å². The minimum atomic E-state index is -0.465. The molecule has 2 rings (SSSR count). The van der Waals surface area contributed by atoms with Gasteiger partial charge in [0.1, 0.15) is 0 Å². The van der Waals surface area contributed by atoms with E-state index in [4.69, 9.17) is 5.73 Å². The fourth-order valence-corrected chi connectivity index (χ4v) is 2.02. The summed E-state index contributed by atoms with van der Waals surface area (Å²) in [6.45, 7) is 0.601. The van der Waals surface area contributed by atoms with Crippen molar-refractivity contribution in [1.82, 2.24) is 4.90 Å². The lowest BCUT2D eigenvalue weighted by atomic mass is 10.0. The molecule has 0 aliphatic carbocycles. The summed E-state index contributed by atoms with van der Waals surface area (Å²) in [5.74, 6) is -0.556. The summed E-state index contributed by atoms with van der Waals surface area (Å²) in [5.41, 5.74) is 6.87. The molecule has 0 saturated heterocycles. The van der Waals surface area contributed by atoms with E-state index < -0.39 is 5.91 Å². The van der Waals surface area contributed by atoms with Crippen LogP contribution in [-0.4, -0.2) is 29.8 Å². The van der Waals surface area contributed by atoms with Crippen molar-refractivity contribution in [3.63, 3.8) is 0 Å². The highest BCUT2D eigenvalue weighted by Crippen LogP contribution is 2.17. The number of hydrogen-bond donors (Lipinski definition) is 1. The van der Waals surface area contributed by atoms with Gasteiger partial charge in [-0.3, -0.25) is 9.59 Å². The van der Waals surface area contributed by atoms with Gasteiger partial charge in [-0.2, -0.15) is 0 Å². The summed E-state index contributed by atoms with van der Waals surface area (Å²) in [6, 6.07) is 7.53. The summed E-state index contributed by atoms with van der Waals surface area (Å²) in [6.07, 6.45) is 1.74. The Hall–Kier alpha value is -1.84. The number of benzene rings is 1. The van der Waals surface area contributed by atoms with Crippen molar-refractivity contribution < 1.29 is 9.59 Å². The van der Waals surface area contributed by atoms with E-state index in [2.05, 4.69) is 0 Å². The quantitative estimate of drug-likeness (QED) is 0.788. The second kappa shape index (κ2) is 4.35. The van der Waals surface area contributed by atoms with E-state index >= 15 is 0 Å². The third kappa shape index (κ3) is 2.05. The van der Waals surface area contributed by atoms with Crippen LogP contribution in [0.5, 0.6) is 0 Å². The number of carbonyl (C=O) groups excluding carboxylic acids is 2. The smallest absolute Gasteiger partial charge is 0.254 e. The maximum atomic E-state index is 12.1. The van der Waals surface area contributed by atoms with Gasteiger partial charge >= 0.3 is 0 Å². The van der Waals surface area contributed by atoms with Crippen LogP contribution in [0.4, 0.5) is 0 Å². The van der Waals surface area contributed by atoms with Crippen molar-refractivity contribution in [2.24, 2.45) is 5.73 Å². The fraction of sp³-hybridized carbons (Fsp3) is 0.333. The average Bonchev–Trinajstić information content (AvgIpc) is 2.40. The van der Waals surface area contributed by atoms with Crippen molar-refractivity contribution in [2.45, 2.75) is 12.8 Å². The lowest BCUT2D eigenvalue weighted by Gasteiger charge is -2.18. The molecule has 84 valence electrons. The molecule has 0 unspecified atom stereocenters. The zero-order valence-electron chi connectivity index (χ0n) is 8.98. The van der Waals surface area contributed by atoms with Crippen molar-refractivity contribution in [1.29, 1.82) is 0 Å². The van der Waals surface area contributed by atoms with Gasteiger partial charge < -0.3 is 10.6 Å². The first-order chi connectivity index (χ1) is 7.68. The molecule has 0 fully saturated rings. The molecule has 0 bridgehead atoms. The molecule has 16 heavy (non-hydrogen) atoms. The van der Waals surface area contributed by atoms with Crippen LogP contribution in [0.25, 0.3) is 0 Å². The summed E-state index contributed by atoms with van der Waals surface area (Å²) < 4.78 is 0. The van der Waals surface area contributed by atoms with E-state index in [0.29, 0.717) is 12.1 Å². The number of fused-ring (bicyclic) bond motifs is 1. The van der Waals surface area contributed by atoms with Crippen molar-refractivity contribution in [2.75, 3.05) is 13.1 Å². The van der Waals surface area contributed by atoms with E-state index in [9.17, 15) is 9.59 Å². The van der Waals surface area contributed by atoms with Crippen LogP contribution in [0.15, 0.2) is 24.3 Å². The Labute approximate surface area is 94.0 Å². The zero-order chi connectivity index (χ0) is 11.5. The number of nitrogens with zero attached hydrogens (tertiary/aromatic N) is 1. The van der Waals surface area contributed by atoms with Crippen LogP contribution < -0.4 is 5.73 Å². The second-order valence-electron chi connectivity index (χ2n) is 3.95. The Bertz CT molecular complexity index is 429. The minimum Gasteiger partial charge on any atom is -0.368 e. The normalized spacial score (nSPS) is 15.5. The van der Waals surface area contributed by atoms with Gasteiger partial charge in [-0.1, -0.05) is 18.2 Å². The molecule has 0 saturated carbocycles. The Balaban J connectivity index is 2.30. The second-order valence-corrected chi connectivity index (χ2v) is 3.95. The Morgan fingerprint density at radius 2 is 2.12 bits per heavy atom. The number of hydrogen-bond acceptors (Lipinski definition) is 2. The molecule has 1 aliphatic heterocycles. The van der Waals surface area contributed by atoms with Crippen LogP contribution in [-0.2, 0) is 11.2 Å². The predicted molar refractivity (Wildman–Crippen MR) is 59.9 cm³/mol. The number of amides is 2. The summed E-state index contributed by atoms with van der Waals surface area (Å²) in [5, 5.41) is 0. The average molecular weight is 218 g/mol. The van der Waals surface area contributed by atoms with E-state index in [1.165, 1.54) is 4.90 Å². The third-order valence-electron chi connectivity index (χ3n) is 2.76. The number of carbonyl (C=O) groups is 2. The van der Waals surface area contributed by atoms with Crippen LogP contribution >= 0.6 is 0 Å². The van der Waals surface area contributed by atoms with Gasteiger partial charge in [-0.15, -0.1) is 0 Å². The minimum absolute atomic E-state index is 0.00711. The van der Waals surface area contributed by atoms with E-state index in [1.54, 1.807) is 6.07 Å². The molecule has 1 heterocycles. The fourth-order valence-electron chi connectivity index (χ4n) is 2.02. The largest absolute Gasteiger partial charge is 0.368 e. The zero-order valence-corrected chi connectivity index (χ0v) is 8.98. The first-order valence-corrected chi connectivity index (χ1v) is 5.34. The van der Waals surface area contributed by atoms with Crippen LogP contribution in [0, 0.1) is 0 Å². The molecule has 0 spiro atoms. The molecule has 4 heteroatoms. The molecule has 0 atom stereocenters. The van der Waals surface area contributed by atoms with Gasteiger partial charge in [0.05, 0.1) is 6.54 Å². The maximum absolute atomic E-state index is 12.1. The Morgan fingerprint density at radius 1 is 1.38 bits per heavy atom. The van der Waals surface area contributed by atoms with Crippen molar-refractivity contribution >= 4 is 11.8 Å². The van der Waals surface area contributed by atoms with Crippen LogP contribution in [0.2, 0.25) is 0 Å². The first-order valence-electron chi connectivity index (χ1n) is 5.34. The van der Waals surface area contributed by atoms with Gasteiger partial charge in [0.15, 0.2) is 0 Å². The van der Waals surface area contributed by atoms with E-state index in [0.717, 1.165) is 18.4 Å². The number of nitrogens with two attached hydrogens (primary N) is 1. The highest BCUT2D eigenvalue weighted by molar-refractivity contribution is 5.97. The van der Waals surface area contributed by atoms with Crippen molar-refractivity contribution in [3.8, 4) is 0 Å².